The van der Waals surface area contributed by atoms with E-state index in [1.165, 1.54) is 18.3 Å². The molecule has 0 aliphatic rings. The van der Waals surface area contributed by atoms with Crippen molar-refractivity contribution < 1.29 is 8.42 Å². The summed E-state index contributed by atoms with van der Waals surface area (Å²) in [6.07, 6.45) is 3.27. The second kappa shape index (κ2) is 5.41. The summed E-state index contributed by atoms with van der Waals surface area (Å²) in [4.78, 5) is 5.49. The number of rotatable bonds is 4. The molecule has 3 aromatic rings. The summed E-state index contributed by atoms with van der Waals surface area (Å²) in [6, 6.07) is 15.9. The molecular formula is C15H13N3O2S. The zero-order valence-electron chi connectivity index (χ0n) is 11.0. The van der Waals surface area contributed by atoms with E-state index in [4.69, 9.17) is 0 Å². The van der Waals surface area contributed by atoms with Gasteiger partial charge in [0.05, 0.1) is 11.1 Å². The molecule has 3 rings (SSSR count). The predicted octanol–water partition coefficient (Wildman–Crippen LogP) is 2.48. The molecule has 0 radical (unpaired) electrons. The van der Waals surface area contributed by atoms with Crippen molar-refractivity contribution in [2.24, 2.45) is 5.10 Å². The highest BCUT2D eigenvalue weighted by molar-refractivity contribution is 7.89. The molecule has 0 aliphatic heterocycles. The van der Waals surface area contributed by atoms with E-state index in [-0.39, 0.29) is 4.90 Å². The van der Waals surface area contributed by atoms with E-state index in [1.807, 2.05) is 24.3 Å². The Morgan fingerprint density at radius 2 is 1.71 bits per heavy atom. The van der Waals surface area contributed by atoms with Crippen LogP contribution < -0.4 is 4.83 Å². The average molecular weight is 299 g/mol. The van der Waals surface area contributed by atoms with E-state index in [0.29, 0.717) is 0 Å². The Kier molecular flexibility index (Phi) is 3.45. The fraction of sp³-hybridized carbons (Fsp3) is 0. The molecule has 0 aliphatic carbocycles. The average Bonchev–Trinajstić information content (AvgIpc) is 2.92. The van der Waals surface area contributed by atoms with Crippen molar-refractivity contribution in [1.29, 1.82) is 0 Å². The van der Waals surface area contributed by atoms with Crippen LogP contribution in [-0.2, 0) is 10.0 Å². The van der Waals surface area contributed by atoms with Gasteiger partial charge in [-0.15, -0.1) is 0 Å². The van der Waals surface area contributed by atoms with Gasteiger partial charge in [0.1, 0.15) is 0 Å². The minimum Gasteiger partial charge on any atom is -0.361 e. The second-order valence-corrected chi connectivity index (χ2v) is 6.12. The minimum absolute atomic E-state index is 0.182. The van der Waals surface area contributed by atoms with Crippen molar-refractivity contribution in [3.8, 4) is 0 Å². The number of hydrogen-bond acceptors (Lipinski definition) is 3. The molecule has 106 valence electrons. The largest absolute Gasteiger partial charge is 0.361 e. The van der Waals surface area contributed by atoms with Crippen molar-refractivity contribution in [3.05, 3.63) is 66.4 Å². The quantitative estimate of drug-likeness (QED) is 0.573. The van der Waals surface area contributed by atoms with Crippen molar-refractivity contribution in [2.45, 2.75) is 4.90 Å². The maximum atomic E-state index is 12.0. The van der Waals surface area contributed by atoms with Gasteiger partial charge in [-0.3, -0.25) is 0 Å². The third kappa shape index (κ3) is 2.80. The fourth-order valence-corrected chi connectivity index (χ4v) is 2.83. The number of hydrazone groups is 1. The Balaban J connectivity index is 1.81. The highest BCUT2D eigenvalue weighted by Crippen LogP contribution is 2.15. The molecule has 0 spiro atoms. The molecule has 21 heavy (non-hydrogen) atoms. The summed E-state index contributed by atoms with van der Waals surface area (Å²) in [5, 5.41) is 4.82. The molecule has 0 fully saturated rings. The Bertz CT molecular complexity index is 883. The molecule has 5 nitrogen and oxygen atoms in total. The number of benzene rings is 2. The molecule has 0 bridgehead atoms. The van der Waals surface area contributed by atoms with Gasteiger partial charge in [0, 0.05) is 22.7 Å². The smallest absolute Gasteiger partial charge is 0.276 e. The first-order chi connectivity index (χ1) is 10.2. The summed E-state index contributed by atoms with van der Waals surface area (Å²) in [5.74, 6) is 0. The van der Waals surface area contributed by atoms with Crippen molar-refractivity contribution in [2.75, 3.05) is 0 Å². The number of nitrogens with zero attached hydrogens (tertiary/aromatic N) is 1. The van der Waals surface area contributed by atoms with Gasteiger partial charge >= 0.3 is 0 Å². The molecule has 1 aromatic heterocycles. The number of H-pyrrole nitrogens is 1. The number of aromatic nitrogens is 1. The van der Waals surface area contributed by atoms with Gasteiger partial charge in [0.15, 0.2) is 0 Å². The Labute approximate surface area is 122 Å². The van der Waals surface area contributed by atoms with Gasteiger partial charge in [0.2, 0.25) is 0 Å². The number of para-hydroxylation sites is 1. The zero-order valence-corrected chi connectivity index (χ0v) is 11.8. The van der Waals surface area contributed by atoms with Crippen LogP contribution in [0.4, 0.5) is 0 Å². The lowest BCUT2D eigenvalue weighted by Gasteiger charge is -2.02. The summed E-state index contributed by atoms with van der Waals surface area (Å²) in [6.45, 7) is 0. The topological polar surface area (TPSA) is 74.3 Å². The zero-order chi connectivity index (χ0) is 14.7. The number of sulfonamides is 1. The summed E-state index contributed by atoms with van der Waals surface area (Å²) in [5.41, 5.74) is 1.80. The SMILES string of the molecule is O=S(=O)(N/N=C\c1c[nH]c2ccccc12)c1ccccc1. The molecule has 0 saturated heterocycles. The van der Waals surface area contributed by atoms with Crippen LogP contribution in [0.1, 0.15) is 5.56 Å². The first-order valence-electron chi connectivity index (χ1n) is 6.33. The Morgan fingerprint density at radius 3 is 2.52 bits per heavy atom. The summed E-state index contributed by atoms with van der Waals surface area (Å²) >= 11 is 0. The van der Waals surface area contributed by atoms with Crippen LogP contribution >= 0.6 is 0 Å². The standard InChI is InChI=1S/C15H13N3O2S/c19-21(20,13-6-2-1-3-7-13)18-17-11-12-10-16-15-9-5-4-8-14(12)15/h1-11,16,18H/b17-11-. The number of nitrogens with one attached hydrogen (secondary N) is 2. The van der Waals surface area contributed by atoms with E-state index in [0.717, 1.165) is 16.5 Å². The summed E-state index contributed by atoms with van der Waals surface area (Å²) in [7, 11) is -3.62. The van der Waals surface area contributed by atoms with Crippen LogP contribution in [0, 0.1) is 0 Å². The van der Waals surface area contributed by atoms with E-state index >= 15 is 0 Å². The lowest BCUT2D eigenvalue weighted by Crippen LogP contribution is -2.18. The highest BCUT2D eigenvalue weighted by Gasteiger charge is 2.11. The van der Waals surface area contributed by atoms with Gasteiger partial charge in [-0.05, 0) is 18.2 Å². The molecule has 0 saturated carbocycles. The number of aromatic amines is 1. The molecule has 1 heterocycles. The van der Waals surface area contributed by atoms with E-state index in [1.54, 1.807) is 24.4 Å². The third-order valence-electron chi connectivity index (χ3n) is 3.05. The first kappa shape index (κ1) is 13.4. The van der Waals surface area contributed by atoms with Crippen LogP contribution in [0.3, 0.4) is 0 Å². The highest BCUT2D eigenvalue weighted by atomic mass is 32.2. The van der Waals surface area contributed by atoms with Gasteiger partial charge in [0.25, 0.3) is 10.0 Å². The van der Waals surface area contributed by atoms with E-state index in [2.05, 4.69) is 14.9 Å². The molecule has 2 N–H and O–H groups in total. The van der Waals surface area contributed by atoms with Gasteiger partial charge in [-0.2, -0.15) is 13.5 Å². The molecule has 0 amide bonds. The maximum absolute atomic E-state index is 12.0. The van der Waals surface area contributed by atoms with Crippen LogP contribution in [0.5, 0.6) is 0 Å². The van der Waals surface area contributed by atoms with Crippen molar-refractivity contribution in [3.63, 3.8) is 0 Å². The lowest BCUT2D eigenvalue weighted by molar-refractivity contribution is 0.584. The second-order valence-electron chi connectivity index (χ2n) is 4.46. The van der Waals surface area contributed by atoms with Gasteiger partial charge in [-0.25, -0.2) is 4.83 Å². The molecule has 0 atom stereocenters. The molecule has 2 aromatic carbocycles. The normalized spacial score (nSPS) is 12.0. The van der Waals surface area contributed by atoms with Gasteiger partial charge < -0.3 is 4.98 Å². The van der Waals surface area contributed by atoms with Crippen LogP contribution in [-0.4, -0.2) is 19.6 Å². The molecule has 6 heteroatoms. The molecule has 0 unspecified atom stereocenters. The van der Waals surface area contributed by atoms with Crippen molar-refractivity contribution in [1.82, 2.24) is 9.82 Å². The van der Waals surface area contributed by atoms with Crippen LogP contribution in [0.25, 0.3) is 10.9 Å². The third-order valence-corrected chi connectivity index (χ3v) is 4.29. The summed E-state index contributed by atoms with van der Waals surface area (Å²) < 4.78 is 24.0. The van der Waals surface area contributed by atoms with Gasteiger partial charge in [-0.1, -0.05) is 36.4 Å². The molecular weight excluding hydrogens is 286 g/mol. The Hall–Kier alpha value is -2.60. The fourth-order valence-electron chi connectivity index (χ4n) is 2.02. The number of hydrogen-bond donors (Lipinski definition) is 2. The van der Waals surface area contributed by atoms with Crippen LogP contribution in [0.15, 0.2) is 70.8 Å². The lowest BCUT2D eigenvalue weighted by atomic mass is 10.2. The number of fused-ring (bicyclic) bond motifs is 1. The van der Waals surface area contributed by atoms with E-state index in [9.17, 15) is 8.42 Å². The minimum atomic E-state index is -3.62. The van der Waals surface area contributed by atoms with Crippen molar-refractivity contribution >= 4 is 27.1 Å². The first-order valence-corrected chi connectivity index (χ1v) is 7.81. The van der Waals surface area contributed by atoms with Crippen LogP contribution in [0.2, 0.25) is 0 Å². The maximum Gasteiger partial charge on any atom is 0.276 e. The monoisotopic (exact) mass is 299 g/mol. The Morgan fingerprint density at radius 1 is 1.00 bits per heavy atom. The van der Waals surface area contributed by atoms with E-state index < -0.39 is 10.0 Å². The predicted molar refractivity (Wildman–Crippen MR) is 82.7 cm³/mol.